The molecule has 3 rings (SSSR count). The molecule has 0 amide bonds. The van der Waals surface area contributed by atoms with Crippen molar-refractivity contribution < 1.29 is 8.91 Å². The van der Waals surface area contributed by atoms with Crippen LogP contribution in [0, 0.1) is 17.3 Å². The lowest BCUT2D eigenvalue weighted by Gasteiger charge is -2.05. The predicted molar refractivity (Wildman–Crippen MR) is 90.8 cm³/mol. The van der Waals surface area contributed by atoms with E-state index in [1.807, 2.05) is 0 Å². The van der Waals surface area contributed by atoms with Crippen LogP contribution in [0.1, 0.15) is 23.7 Å². The number of allylic oxidation sites excluding steroid dienone is 1. The largest absolute Gasteiger partial charge is 0.404 e. The number of nitrogens with two attached hydrogens (primary N) is 1. The number of halogens is 1. The summed E-state index contributed by atoms with van der Waals surface area (Å²) in [7, 11) is 1.58. The normalized spacial score (nSPS) is 18.0. The Labute approximate surface area is 144 Å². The average molecular weight is 340 g/mol. The van der Waals surface area contributed by atoms with Gasteiger partial charge in [-0.05, 0) is 24.6 Å². The number of hydrogen-bond acceptors (Lipinski definition) is 7. The molecule has 0 spiro atoms. The van der Waals surface area contributed by atoms with Crippen LogP contribution in [0.25, 0.3) is 17.0 Å². The second-order valence-electron chi connectivity index (χ2n) is 5.69. The zero-order chi connectivity index (χ0) is 17.8. The zero-order valence-corrected chi connectivity index (χ0v) is 13.7. The van der Waals surface area contributed by atoms with Gasteiger partial charge in [0.2, 0.25) is 0 Å². The van der Waals surface area contributed by atoms with Crippen molar-refractivity contribution in [1.29, 1.82) is 5.26 Å². The molecule has 25 heavy (non-hydrogen) atoms. The van der Waals surface area contributed by atoms with Crippen molar-refractivity contribution in [3.63, 3.8) is 0 Å². The second-order valence-corrected chi connectivity index (χ2v) is 5.69. The highest BCUT2D eigenvalue weighted by Crippen LogP contribution is 2.28. The van der Waals surface area contributed by atoms with Crippen LogP contribution >= 0.6 is 0 Å². The molecule has 1 unspecified atom stereocenters. The van der Waals surface area contributed by atoms with Gasteiger partial charge in [-0.25, -0.2) is 4.39 Å². The fourth-order valence-corrected chi connectivity index (χ4v) is 2.80. The van der Waals surface area contributed by atoms with Crippen molar-refractivity contribution in [2.24, 2.45) is 10.7 Å². The Morgan fingerprint density at radius 2 is 2.40 bits per heavy atom. The van der Waals surface area contributed by atoms with Gasteiger partial charge in [-0.1, -0.05) is 5.16 Å². The summed E-state index contributed by atoms with van der Waals surface area (Å²) in [6, 6.07) is 4.50. The Hall–Kier alpha value is -3.21. The summed E-state index contributed by atoms with van der Waals surface area (Å²) in [5, 5.41) is 13.0. The van der Waals surface area contributed by atoms with E-state index in [0.29, 0.717) is 41.5 Å². The fourth-order valence-electron chi connectivity index (χ4n) is 2.80. The molecule has 128 valence electrons. The first-order valence-corrected chi connectivity index (χ1v) is 7.79. The van der Waals surface area contributed by atoms with Crippen molar-refractivity contribution in [3.05, 3.63) is 41.6 Å². The molecule has 2 heterocycles. The molecule has 1 saturated heterocycles. The minimum absolute atomic E-state index is 0.0591. The van der Waals surface area contributed by atoms with E-state index in [9.17, 15) is 4.39 Å². The molecule has 8 heteroatoms. The summed E-state index contributed by atoms with van der Waals surface area (Å²) in [4.78, 5) is 9.95. The van der Waals surface area contributed by atoms with E-state index in [-0.39, 0.29) is 5.92 Å². The van der Waals surface area contributed by atoms with Gasteiger partial charge in [-0.3, -0.25) is 4.99 Å². The van der Waals surface area contributed by atoms with E-state index in [4.69, 9.17) is 15.5 Å². The molecule has 1 aliphatic heterocycles. The highest BCUT2D eigenvalue weighted by Gasteiger charge is 2.27. The SMILES string of the molecule is CN=CC(=CN)c1cc(-c2nc(C3CCN(C#N)C3)no2)ccc1F. The van der Waals surface area contributed by atoms with Gasteiger partial charge in [-0.2, -0.15) is 10.2 Å². The third-order valence-electron chi connectivity index (χ3n) is 4.11. The predicted octanol–water partition coefficient (Wildman–Crippen LogP) is 2.15. The van der Waals surface area contributed by atoms with Crippen LogP contribution in [0.2, 0.25) is 0 Å². The highest BCUT2D eigenvalue weighted by molar-refractivity contribution is 6.09. The van der Waals surface area contributed by atoms with Crippen molar-refractivity contribution in [2.45, 2.75) is 12.3 Å². The van der Waals surface area contributed by atoms with E-state index in [2.05, 4.69) is 21.3 Å². The number of hydrogen-bond donors (Lipinski definition) is 1. The van der Waals surface area contributed by atoms with E-state index in [1.165, 1.54) is 18.5 Å². The van der Waals surface area contributed by atoms with Crippen LogP contribution in [0.4, 0.5) is 4.39 Å². The minimum Gasteiger partial charge on any atom is -0.404 e. The number of likely N-dealkylation sites (tertiary alicyclic amines) is 1. The third kappa shape index (κ3) is 3.35. The molecular weight excluding hydrogens is 323 g/mol. The number of aliphatic imine (C=N–C) groups is 1. The zero-order valence-electron chi connectivity index (χ0n) is 13.7. The van der Waals surface area contributed by atoms with Gasteiger partial charge in [0.1, 0.15) is 5.82 Å². The smallest absolute Gasteiger partial charge is 0.257 e. The summed E-state index contributed by atoms with van der Waals surface area (Å²) < 4.78 is 19.4. The van der Waals surface area contributed by atoms with Gasteiger partial charge in [0, 0.05) is 55.2 Å². The van der Waals surface area contributed by atoms with Crippen LogP contribution < -0.4 is 5.73 Å². The number of benzene rings is 1. The summed E-state index contributed by atoms with van der Waals surface area (Å²) in [5.74, 6) is 0.504. The van der Waals surface area contributed by atoms with Gasteiger partial charge >= 0.3 is 0 Å². The second kappa shape index (κ2) is 7.13. The Morgan fingerprint density at radius 3 is 3.08 bits per heavy atom. The molecule has 2 aromatic rings. The maximum atomic E-state index is 14.1. The lowest BCUT2D eigenvalue weighted by molar-refractivity contribution is 0.413. The van der Waals surface area contributed by atoms with Crippen LogP contribution in [0.3, 0.4) is 0 Å². The number of rotatable bonds is 4. The first kappa shape index (κ1) is 16.6. The molecule has 0 radical (unpaired) electrons. The molecule has 0 aliphatic carbocycles. The maximum Gasteiger partial charge on any atom is 0.257 e. The van der Waals surface area contributed by atoms with E-state index < -0.39 is 5.82 Å². The molecule has 7 nitrogen and oxygen atoms in total. The van der Waals surface area contributed by atoms with Crippen LogP contribution in [0.15, 0.2) is 33.9 Å². The summed E-state index contributed by atoms with van der Waals surface area (Å²) in [5.41, 5.74) is 6.92. The molecule has 0 saturated carbocycles. The van der Waals surface area contributed by atoms with Gasteiger partial charge in [0.05, 0.1) is 0 Å². The molecule has 2 N–H and O–H groups in total. The fraction of sp³-hybridized carbons (Fsp3) is 0.294. The molecule has 0 bridgehead atoms. The topological polar surface area (TPSA) is 104 Å². The van der Waals surface area contributed by atoms with Gasteiger partial charge in [-0.15, -0.1) is 0 Å². The standard InChI is InChI=1S/C17H17FN6O/c1-21-8-13(7-19)14-6-11(2-3-15(14)18)17-22-16(23-25-17)12-4-5-24(9-12)10-20/h2-3,6-8,12H,4-5,9,19H2,1H3. The minimum atomic E-state index is -0.416. The lowest BCUT2D eigenvalue weighted by Crippen LogP contribution is -2.13. The van der Waals surface area contributed by atoms with E-state index >= 15 is 0 Å². The Bertz CT molecular complexity index is 866. The Morgan fingerprint density at radius 1 is 1.56 bits per heavy atom. The maximum absolute atomic E-state index is 14.1. The molecule has 1 fully saturated rings. The first-order chi connectivity index (χ1) is 12.2. The number of nitrogens with zero attached hydrogens (tertiary/aromatic N) is 5. The van der Waals surface area contributed by atoms with Gasteiger partial charge < -0.3 is 15.2 Å². The quantitative estimate of drug-likeness (QED) is 0.675. The van der Waals surface area contributed by atoms with Crippen molar-refractivity contribution in [1.82, 2.24) is 15.0 Å². The van der Waals surface area contributed by atoms with Crippen LogP contribution in [-0.2, 0) is 0 Å². The van der Waals surface area contributed by atoms with Crippen molar-refractivity contribution in [2.75, 3.05) is 20.1 Å². The van der Waals surface area contributed by atoms with Gasteiger partial charge in [0.25, 0.3) is 5.89 Å². The first-order valence-electron chi connectivity index (χ1n) is 7.79. The number of nitriles is 1. The lowest BCUT2D eigenvalue weighted by atomic mass is 10.0. The Kier molecular flexibility index (Phi) is 4.75. The van der Waals surface area contributed by atoms with Crippen molar-refractivity contribution in [3.8, 4) is 17.6 Å². The molecular formula is C17H17FN6O. The van der Waals surface area contributed by atoms with Crippen molar-refractivity contribution >= 4 is 11.8 Å². The summed E-state index contributed by atoms with van der Waals surface area (Å²) in [6.45, 7) is 1.27. The third-order valence-corrected chi connectivity index (χ3v) is 4.11. The monoisotopic (exact) mass is 340 g/mol. The van der Waals surface area contributed by atoms with E-state index in [0.717, 1.165) is 6.42 Å². The molecule has 1 atom stereocenters. The van der Waals surface area contributed by atoms with Crippen LogP contribution in [0.5, 0.6) is 0 Å². The van der Waals surface area contributed by atoms with Crippen LogP contribution in [-0.4, -0.2) is 41.4 Å². The molecule has 1 aromatic heterocycles. The van der Waals surface area contributed by atoms with E-state index in [1.54, 1.807) is 24.1 Å². The summed E-state index contributed by atoms with van der Waals surface area (Å²) >= 11 is 0. The average Bonchev–Trinajstić information content (AvgIpc) is 3.29. The summed E-state index contributed by atoms with van der Waals surface area (Å²) in [6.07, 6.45) is 5.70. The molecule has 1 aliphatic rings. The van der Waals surface area contributed by atoms with Gasteiger partial charge in [0.15, 0.2) is 12.0 Å². The molecule has 1 aromatic carbocycles. The Balaban J connectivity index is 1.89. The highest BCUT2D eigenvalue weighted by atomic mass is 19.1. The number of aromatic nitrogens is 2.